The summed E-state index contributed by atoms with van der Waals surface area (Å²) in [5.74, 6) is 1.79. The van der Waals surface area contributed by atoms with Crippen LogP contribution in [0.1, 0.15) is 50.8 Å². The van der Waals surface area contributed by atoms with Crippen LogP contribution in [0, 0.1) is 0 Å². The van der Waals surface area contributed by atoms with Crippen LogP contribution in [-0.4, -0.2) is 9.55 Å². The highest BCUT2D eigenvalue weighted by Crippen LogP contribution is 2.27. The SMILES string of the molecule is CC(Oc1ccccc1)c1nc2ccccc2n1Cc1ccc(C(C)(C)C)cc1. The number of para-hydroxylation sites is 3. The smallest absolute Gasteiger partial charge is 0.153 e. The highest BCUT2D eigenvalue weighted by molar-refractivity contribution is 5.76. The number of rotatable bonds is 5. The molecule has 0 bridgehead atoms. The molecule has 1 unspecified atom stereocenters. The van der Waals surface area contributed by atoms with Crippen LogP contribution in [-0.2, 0) is 12.0 Å². The Morgan fingerprint density at radius 3 is 2.21 bits per heavy atom. The lowest BCUT2D eigenvalue weighted by atomic mass is 9.87. The van der Waals surface area contributed by atoms with Crippen LogP contribution in [0.2, 0.25) is 0 Å². The number of hydrogen-bond donors (Lipinski definition) is 0. The van der Waals surface area contributed by atoms with E-state index in [1.165, 1.54) is 11.1 Å². The molecule has 3 aromatic carbocycles. The van der Waals surface area contributed by atoms with Gasteiger partial charge in [0, 0.05) is 6.54 Å². The Kier molecular flexibility index (Phi) is 5.14. The van der Waals surface area contributed by atoms with Crippen LogP contribution in [0.3, 0.4) is 0 Å². The number of nitrogens with zero attached hydrogens (tertiary/aromatic N) is 2. The van der Waals surface area contributed by atoms with Gasteiger partial charge < -0.3 is 9.30 Å². The minimum Gasteiger partial charge on any atom is -0.483 e. The normalized spacial score (nSPS) is 12.8. The van der Waals surface area contributed by atoms with Crippen molar-refractivity contribution in [1.82, 2.24) is 9.55 Å². The molecule has 0 fully saturated rings. The third-order valence-corrected chi connectivity index (χ3v) is 5.26. The minimum absolute atomic E-state index is 0.154. The van der Waals surface area contributed by atoms with Crippen molar-refractivity contribution in [3.8, 4) is 5.75 Å². The van der Waals surface area contributed by atoms with Crippen molar-refractivity contribution in [3.05, 3.63) is 95.8 Å². The number of hydrogen-bond acceptors (Lipinski definition) is 2. The maximum Gasteiger partial charge on any atom is 0.153 e. The topological polar surface area (TPSA) is 27.1 Å². The van der Waals surface area contributed by atoms with Gasteiger partial charge in [0.05, 0.1) is 11.0 Å². The second kappa shape index (κ2) is 7.75. The molecule has 29 heavy (non-hydrogen) atoms. The molecule has 3 nitrogen and oxygen atoms in total. The Morgan fingerprint density at radius 1 is 0.862 bits per heavy atom. The molecular weight excluding hydrogens is 356 g/mol. The average molecular weight is 385 g/mol. The zero-order valence-electron chi connectivity index (χ0n) is 17.6. The monoisotopic (exact) mass is 384 g/mol. The van der Waals surface area contributed by atoms with Gasteiger partial charge in [-0.05, 0) is 47.7 Å². The first-order chi connectivity index (χ1) is 13.9. The molecule has 0 spiro atoms. The molecule has 4 rings (SSSR count). The van der Waals surface area contributed by atoms with E-state index >= 15 is 0 Å². The van der Waals surface area contributed by atoms with Gasteiger partial charge in [0.2, 0.25) is 0 Å². The molecule has 0 radical (unpaired) electrons. The molecule has 0 N–H and O–H groups in total. The zero-order chi connectivity index (χ0) is 20.4. The molecule has 1 heterocycles. The molecule has 0 aliphatic heterocycles. The van der Waals surface area contributed by atoms with Gasteiger partial charge in [-0.3, -0.25) is 0 Å². The van der Waals surface area contributed by atoms with Crippen LogP contribution in [0.5, 0.6) is 5.75 Å². The summed E-state index contributed by atoms with van der Waals surface area (Å²) in [6.07, 6.45) is -0.154. The van der Waals surface area contributed by atoms with Crippen molar-refractivity contribution < 1.29 is 4.74 Å². The lowest BCUT2D eigenvalue weighted by Crippen LogP contribution is -2.13. The minimum atomic E-state index is -0.154. The molecule has 148 valence electrons. The quantitative estimate of drug-likeness (QED) is 0.391. The molecule has 0 saturated heterocycles. The van der Waals surface area contributed by atoms with Gasteiger partial charge >= 0.3 is 0 Å². The van der Waals surface area contributed by atoms with Crippen molar-refractivity contribution in [2.75, 3.05) is 0 Å². The van der Waals surface area contributed by atoms with Crippen molar-refractivity contribution >= 4 is 11.0 Å². The van der Waals surface area contributed by atoms with Crippen molar-refractivity contribution in [3.63, 3.8) is 0 Å². The summed E-state index contributed by atoms with van der Waals surface area (Å²) in [6, 6.07) is 27.1. The molecule has 4 aromatic rings. The Balaban J connectivity index is 1.68. The molecule has 1 atom stereocenters. The second-order valence-corrected chi connectivity index (χ2v) is 8.56. The molecule has 0 amide bonds. The Hall–Kier alpha value is -3.07. The van der Waals surface area contributed by atoms with Crippen molar-refractivity contribution in [2.45, 2.75) is 45.8 Å². The maximum atomic E-state index is 6.19. The van der Waals surface area contributed by atoms with Gasteiger partial charge in [-0.25, -0.2) is 4.98 Å². The van der Waals surface area contributed by atoms with Gasteiger partial charge in [0.1, 0.15) is 5.75 Å². The standard InChI is InChI=1S/C26H28N2O/c1-19(29-22-10-6-5-7-11-22)25-27-23-12-8-9-13-24(23)28(25)18-20-14-16-21(17-15-20)26(2,3)4/h5-17,19H,18H2,1-4H3. The Morgan fingerprint density at radius 2 is 1.52 bits per heavy atom. The third-order valence-electron chi connectivity index (χ3n) is 5.26. The third kappa shape index (κ3) is 4.19. The first kappa shape index (κ1) is 19.3. The second-order valence-electron chi connectivity index (χ2n) is 8.56. The fraction of sp³-hybridized carbons (Fsp3) is 0.269. The number of aromatic nitrogens is 2. The lowest BCUT2D eigenvalue weighted by molar-refractivity contribution is 0.212. The van der Waals surface area contributed by atoms with Gasteiger partial charge in [0.15, 0.2) is 11.9 Å². The predicted octanol–water partition coefficient (Wildman–Crippen LogP) is 6.52. The Labute approximate surface area is 173 Å². The zero-order valence-corrected chi connectivity index (χ0v) is 17.6. The molecule has 0 aliphatic carbocycles. The van der Waals surface area contributed by atoms with E-state index in [0.717, 1.165) is 29.2 Å². The molecule has 0 saturated carbocycles. The number of imidazole rings is 1. The maximum absolute atomic E-state index is 6.19. The fourth-order valence-corrected chi connectivity index (χ4v) is 3.62. The van der Waals surface area contributed by atoms with Gasteiger partial charge in [-0.15, -0.1) is 0 Å². The van der Waals surface area contributed by atoms with Crippen molar-refractivity contribution in [2.24, 2.45) is 0 Å². The summed E-state index contributed by atoms with van der Waals surface area (Å²) >= 11 is 0. The van der Waals surface area contributed by atoms with Crippen LogP contribution in [0.25, 0.3) is 11.0 Å². The first-order valence-electron chi connectivity index (χ1n) is 10.2. The van der Waals surface area contributed by atoms with E-state index in [-0.39, 0.29) is 11.5 Å². The molecule has 1 aromatic heterocycles. The fourth-order valence-electron chi connectivity index (χ4n) is 3.62. The average Bonchev–Trinajstić information content (AvgIpc) is 3.07. The van der Waals surface area contributed by atoms with E-state index in [4.69, 9.17) is 9.72 Å². The summed E-state index contributed by atoms with van der Waals surface area (Å²) in [6.45, 7) is 9.56. The van der Waals surface area contributed by atoms with Crippen molar-refractivity contribution in [1.29, 1.82) is 0 Å². The highest BCUT2D eigenvalue weighted by atomic mass is 16.5. The van der Waals surface area contributed by atoms with Gasteiger partial charge in [-0.2, -0.15) is 0 Å². The molecular formula is C26H28N2O. The van der Waals surface area contributed by atoms with Crippen LogP contribution >= 0.6 is 0 Å². The highest BCUT2D eigenvalue weighted by Gasteiger charge is 2.19. The summed E-state index contributed by atoms with van der Waals surface area (Å²) < 4.78 is 8.46. The van der Waals surface area contributed by atoms with E-state index < -0.39 is 0 Å². The van der Waals surface area contributed by atoms with E-state index in [1.54, 1.807) is 0 Å². The summed E-state index contributed by atoms with van der Waals surface area (Å²) in [4.78, 5) is 4.90. The number of benzene rings is 3. The van der Waals surface area contributed by atoms with Gasteiger partial charge in [0.25, 0.3) is 0 Å². The van der Waals surface area contributed by atoms with E-state index in [2.05, 4.69) is 74.7 Å². The lowest BCUT2D eigenvalue weighted by Gasteiger charge is -2.20. The molecule has 3 heteroatoms. The summed E-state index contributed by atoms with van der Waals surface area (Å²) in [7, 11) is 0. The largest absolute Gasteiger partial charge is 0.483 e. The van der Waals surface area contributed by atoms with Gasteiger partial charge in [-0.1, -0.05) is 75.4 Å². The number of fused-ring (bicyclic) bond motifs is 1. The van der Waals surface area contributed by atoms with E-state index in [9.17, 15) is 0 Å². The van der Waals surface area contributed by atoms with E-state index in [1.807, 2.05) is 36.4 Å². The van der Waals surface area contributed by atoms with E-state index in [0.29, 0.717) is 0 Å². The van der Waals surface area contributed by atoms with Crippen LogP contribution < -0.4 is 4.74 Å². The summed E-state index contributed by atoms with van der Waals surface area (Å²) in [5.41, 5.74) is 4.89. The Bertz CT molecular complexity index is 1090. The van der Waals surface area contributed by atoms with Crippen LogP contribution in [0.15, 0.2) is 78.9 Å². The first-order valence-corrected chi connectivity index (χ1v) is 10.2. The number of ether oxygens (including phenoxy) is 1. The molecule has 0 aliphatic rings. The predicted molar refractivity (Wildman–Crippen MR) is 119 cm³/mol. The van der Waals surface area contributed by atoms with Crippen LogP contribution in [0.4, 0.5) is 0 Å². The summed E-state index contributed by atoms with van der Waals surface area (Å²) in [5, 5.41) is 0.